The van der Waals surface area contributed by atoms with Gasteiger partial charge in [-0.05, 0) is 38.1 Å². The number of rotatable bonds is 3. The third kappa shape index (κ3) is 2.64. The van der Waals surface area contributed by atoms with Gasteiger partial charge in [0.25, 0.3) is 5.69 Å². The van der Waals surface area contributed by atoms with Crippen LogP contribution < -0.4 is 10.6 Å². The molecular weight excluding hydrogens is 275 g/mol. The molecular formula is C14H15FN4O2. The van der Waals surface area contributed by atoms with Crippen LogP contribution in [-0.2, 0) is 0 Å². The number of halogens is 1. The Morgan fingerprint density at radius 1 is 1.33 bits per heavy atom. The Morgan fingerprint density at radius 2 is 2.10 bits per heavy atom. The van der Waals surface area contributed by atoms with Gasteiger partial charge < -0.3 is 10.6 Å². The minimum atomic E-state index is -0.504. The highest BCUT2D eigenvalue weighted by atomic mass is 19.1. The van der Waals surface area contributed by atoms with Gasteiger partial charge in [0.1, 0.15) is 11.6 Å². The Hall–Kier alpha value is -2.28. The zero-order valence-electron chi connectivity index (χ0n) is 11.3. The van der Waals surface area contributed by atoms with Crippen molar-refractivity contribution in [3.8, 4) is 0 Å². The highest BCUT2D eigenvalue weighted by Gasteiger charge is 2.20. The Balaban J connectivity index is 2.06. The first-order valence-corrected chi connectivity index (χ1v) is 6.85. The predicted molar refractivity (Wildman–Crippen MR) is 77.9 cm³/mol. The van der Waals surface area contributed by atoms with Gasteiger partial charge in [-0.2, -0.15) is 0 Å². The third-order valence-electron chi connectivity index (χ3n) is 3.73. The topological polar surface area (TPSA) is 80.1 Å². The lowest BCUT2D eigenvalue weighted by Crippen LogP contribution is -2.35. The molecule has 0 atom stereocenters. The minimum Gasteiger partial charge on any atom is -0.367 e. The molecule has 6 nitrogen and oxygen atoms in total. The van der Waals surface area contributed by atoms with Crippen molar-refractivity contribution in [2.24, 2.45) is 0 Å². The summed E-state index contributed by atoms with van der Waals surface area (Å²) in [4.78, 5) is 14.7. The van der Waals surface area contributed by atoms with Crippen LogP contribution in [0.5, 0.6) is 0 Å². The SMILES string of the molecule is O=[N+]([O-])c1ccc(F)c2c(NC3CCNCC3)nccc12. The maximum atomic E-state index is 14.1. The first kappa shape index (κ1) is 13.7. The van der Waals surface area contributed by atoms with E-state index in [2.05, 4.69) is 15.6 Å². The van der Waals surface area contributed by atoms with Gasteiger partial charge in [-0.15, -0.1) is 0 Å². The molecule has 2 aromatic rings. The van der Waals surface area contributed by atoms with Gasteiger partial charge in [-0.1, -0.05) is 0 Å². The van der Waals surface area contributed by atoms with Crippen molar-refractivity contribution in [1.29, 1.82) is 0 Å². The second-order valence-corrected chi connectivity index (χ2v) is 5.07. The molecule has 1 aromatic heterocycles. The van der Waals surface area contributed by atoms with Crippen LogP contribution in [0.1, 0.15) is 12.8 Å². The van der Waals surface area contributed by atoms with E-state index >= 15 is 0 Å². The van der Waals surface area contributed by atoms with Gasteiger partial charge in [-0.25, -0.2) is 9.37 Å². The number of nitro benzene ring substituents is 1. The van der Waals surface area contributed by atoms with E-state index in [1.807, 2.05) is 0 Å². The summed E-state index contributed by atoms with van der Waals surface area (Å²) in [7, 11) is 0. The second kappa shape index (κ2) is 5.61. The number of piperidine rings is 1. The molecule has 1 aliphatic heterocycles. The van der Waals surface area contributed by atoms with E-state index in [-0.39, 0.29) is 22.5 Å². The van der Waals surface area contributed by atoms with Crippen LogP contribution in [0, 0.1) is 15.9 Å². The van der Waals surface area contributed by atoms with Crippen molar-refractivity contribution in [3.05, 3.63) is 40.3 Å². The van der Waals surface area contributed by atoms with Crippen LogP contribution in [0.15, 0.2) is 24.4 Å². The van der Waals surface area contributed by atoms with Crippen molar-refractivity contribution in [2.75, 3.05) is 18.4 Å². The summed E-state index contributed by atoms with van der Waals surface area (Å²) in [5.74, 6) is -0.124. The van der Waals surface area contributed by atoms with Crippen LogP contribution in [0.25, 0.3) is 10.8 Å². The van der Waals surface area contributed by atoms with Crippen LogP contribution in [0.3, 0.4) is 0 Å². The number of pyridine rings is 1. The van der Waals surface area contributed by atoms with E-state index in [0.29, 0.717) is 5.82 Å². The smallest absolute Gasteiger partial charge is 0.277 e. The largest absolute Gasteiger partial charge is 0.367 e. The van der Waals surface area contributed by atoms with Crippen molar-refractivity contribution >= 4 is 22.3 Å². The number of hydrogen-bond donors (Lipinski definition) is 2. The lowest BCUT2D eigenvalue weighted by Gasteiger charge is -2.24. The molecule has 0 aliphatic carbocycles. The molecule has 0 bridgehead atoms. The zero-order valence-corrected chi connectivity index (χ0v) is 11.3. The molecule has 110 valence electrons. The molecule has 0 amide bonds. The summed E-state index contributed by atoms with van der Waals surface area (Å²) in [6.07, 6.45) is 3.29. The van der Waals surface area contributed by atoms with E-state index in [4.69, 9.17) is 0 Å². The molecule has 1 aromatic carbocycles. The fourth-order valence-electron chi connectivity index (χ4n) is 2.67. The summed E-state index contributed by atoms with van der Waals surface area (Å²) in [6.45, 7) is 1.79. The fraction of sp³-hybridized carbons (Fsp3) is 0.357. The number of nitro groups is 1. The lowest BCUT2D eigenvalue weighted by atomic mass is 10.1. The number of fused-ring (bicyclic) bond motifs is 1. The number of nitrogens with one attached hydrogen (secondary N) is 2. The van der Waals surface area contributed by atoms with Gasteiger partial charge in [0.15, 0.2) is 0 Å². The van der Waals surface area contributed by atoms with Crippen LogP contribution in [0.2, 0.25) is 0 Å². The summed E-state index contributed by atoms with van der Waals surface area (Å²) >= 11 is 0. The minimum absolute atomic E-state index is 0.109. The molecule has 3 rings (SSSR count). The standard InChI is InChI=1S/C14H15FN4O2/c15-11-1-2-12(19(20)21)10-5-8-17-14(13(10)11)18-9-3-6-16-7-4-9/h1-2,5,8-9,16H,3-4,6-7H2,(H,17,18). The molecule has 7 heteroatoms. The van der Waals surface area contributed by atoms with E-state index in [9.17, 15) is 14.5 Å². The monoisotopic (exact) mass is 290 g/mol. The molecule has 0 saturated carbocycles. The quantitative estimate of drug-likeness (QED) is 0.670. The maximum Gasteiger partial charge on any atom is 0.277 e. The number of benzene rings is 1. The van der Waals surface area contributed by atoms with Gasteiger partial charge in [0, 0.05) is 18.3 Å². The Kier molecular flexibility index (Phi) is 3.66. The van der Waals surface area contributed by atoms with Crippen molar-refractivity contribution in [3.63, 3.8) is 0 Å². The van der Waals surface area contributed by atoms with Crippen molar-refractivity contribution < 1.29 is 9.31 Å². The molecule has 0 radical (unpaired) electrons. The molecule has 1 fully saturated rings. The van der Waals surface area contributed by atoms with E-state index in [0.717, 1.165) is 32.0 Å². The highest BCUT2D eigenvalue weighted by Crippen LogP contribution is 2.32. The van der Waals surface area contributed by atoms with Gasteiger partial charge in [0.2, 0.25) is 0 Å². The second-order valence-electron chi connectivity index (χ2n) is 5.07. The number of hydrogen-bond acceptors (Lipinski definition) is 5. The Labute approximate surface area is 120 Å². The summed E-state index contributed by atoms with van der Waals surface area (Å²) in [6, 6.07) is 3.98. The third-order valence-corrected chi connectivity index (χ3v) is 3.73. The lowest BCUT2D eigenvalue weighted by molar-refractivity contribution is -0.383. The number of nitrogens with zero attached hydrogens (tertiary/aromatic N) is 2. The first-order chi connectivity index (χ1) is 10.2. The van der Waals surface area contributed by atoms with Gasteiger partial charge >= 0.3 is 0 Å². The van der Waals surface area contributed by atoms with E-state index < -0.39 is 10.7 Å². The summed E-state index contributed by atoms with van der Waals surface area (Å²) < 4.78 is 14.1. The van der Waals surface area contributed by atoms with Crippen molar-refractivity contribution in [1.82, 2.24) is 10.3 Å². The molecule has 1 aliphatic rings. The summed E-state index contributed by atoms with van der Waals surface area (Å²) in [5.41, 5.74) is -0.109. The number of non-ortho nitro benzene ring substituents is 1. The molecule has 2 heterocycles. The van der Waals surface area contributed by atoms with Gasteiger partial charge in [0.05, 0.1) is 15.7 Å². The van der Waals surface area contributed by atoms with Gasteiger partial charge in [-0.3, -0.25) is 10.1 Å². The maximum absolute atomic E-state index is 14.1. The number of aromatic nitrogens is 1. The summed E-state index contributed by atoms with van der Waals surface area (Å²) in [5, 5.41) is 18.0. The van der Waals surface area contributed by atoms with E-state index in [1.54, 1.807) is 0 Å². The first-order valence-electron chi connectivity index (χ1n) is 6.85. The number of anilines is 1. The van der Waals surface area contributed by atoms with Crippen LogP contribution >= 0.6 is 0 Å². The average Bonchev–Trinajstić information content (AvgIpc) is 2.48. The molecule has 2 N–H and O–H groups in total. The Morgan fingerprint density at radius 3 is 2.81 bits per heavy atom. The normalized spacial score (nSPS) is 16.0. The van der Waals surface area contributed by atoms with Crippen molar-refractivity contribution in [2.45, 2.75) is 18.9 Å². The van der Waals surface area contributed by atoms with Crippen LogP contribution in [-0.4, -0.2) is 29.0 Å². The molecule has 21 heavy (non-hydrogen) atoms. The average molecular weight is 290 g/mol. The zero-order chi connectivity index (χ0) is 14.8. The molecule has 0 spiro atoms. The Bertz CT molecular complexity index is 686. The predicted octanol–water partition coefficient (Wildman–Crippen LogP) is 2.45. The van der Waals surface area contributed by atoms with Crippen LogP contribution in [0.4, 0.5) is 15.9 Å². The highest BCUT2D eigenvalue weighted by molar-refractivity contribution is 5.98. The molecule has 0 unspecified atom stereocenters. The van der Waals surface area contributed by atoms with E-state index in [1.165, 1.54) is 18.3 Å². The fourth-order valence-corrected chi connectivity index (χ4v) is 2.67. The molecule has 1 saturated heterocycles.